The number of carboxylic acids is 2. The number of thiophene rings is 1. The van der Waals surface area contributed by atoms with E-state index in [0.717, 1.165) is 18.9 Å². The van der Waals surface area contributed by atoms with Gasteiger partial charge in [-0.25, -0.2) is 9.59 Å². The molecule has 1 aromatic carbocycles. The SMILES string of the molecule is O=C(O)C(=O)O.c1ccc(-c2ccc(C3=NCCN3)s2)cc1. The number of hydrogen-bond acceptors (Lipinski definition) is 5. The first kappa shape index (κ1) is 15.7. The lowest BCUT2D eigenvalue weighted by Gasteiger charge is -1.97. The van der Waals surface area contributed by atoms with Gasteiger partial charge < -0.3 is 15.5 Å². The first-order valence-electron chi connectivity index (χ1n) is 6.48. The zero-order valence-corrected chi connectivity index (χ0v) is 12.3. The van der Waals surface area contributed by atoms with Gasteiger partial charge >= 0.3 is 11.9 Å². The van der Waals surface area contributed by atoms with Crippen molar-refractivity contribution in [3.63, 3.8) is 0 Å². The van der Waals surface area contributed by atoms with E-state index < -0.39 is 11.9 Å². The van der Waals surface area contributed by atoms with Crippen LogP contribution in [0.25, 0.3) is 10.4 Å². The summed E-state index contributed by atoms with van der Waals surface area (Å²) in [5.41, 5.74) is 1.28. The van der Waals surface area contributed by atoms with Gasteiger partial charge in [-0.15, -0.1) is 11.3 Å². The van der Waals surface area contributed by atoms with Crippen LogP contribution in [0.4, 0.5) is 0 Å². The van der Waals surface area contributed by atoms with Crippen LogP contribution in [0, 0.1) is 0 Å². The fraction of sp³-hybridized carbons (Fsp3) is 0.133. The zero-order chi connectivity index (χ0) is 15.9. The summed E-state index contributed by atoms with van der Waals surface area (Å²) in [5.74, 6) is -2.60. The maximum Gasteiger partial charge on any atom is 0.414 e. The van der Waals surface area contributed by atoms with Gasteiger partial charge in [-0.3, -0.25) is 4.99 Å². The average molecular weight is 318 g/mol. The summed E-state index contributed by atoms with van der Waals surface area (Å²) in [6, 6.07) is 14.8. The number of benzene rings is 1. The second-order valence-electron chi connectivity index (χ2n) is 4.30. The number of carbonyl (C=O) groups is 2. The maximum absolute atomic E-state index is 9.10. The van der Waals surface area contributed by atoms with Crippen LogP contribution >= 0.6 is 11.3 Å². The third kappa shape index (κ3) is 4.16. The van der Waals surface area contributed by atoms with Crippen molar-refractivity contribution in [1.82, 2.24) is 5.32 Å². The van der Waals surface area contributed by atoms with Gasteiger partial charge in [-0.05, 0) is 17.7 Å². The Morgan fingerprint density at radius 3 is 2.18 bits per heavy atom. The molecule has 3 N–H and O–H groups in total. The van der Waals surface area contributed by atoms with Crippen LogP contribution in [-0.2, 0) is 9.59 Å². The van der Waals surface area contributed by atoms with Gasteiger partial charge in [-0.1, -0.05) is 30.3 Å². The molecule has 7 heteroatoms. The van der Waals surface area contributed by atoms with Crippen LogP contribution in [0.15, 0.2) is 47.5 Å². The molecule has 3 rings (SSSR count). The van der Waals surface area contributed by atoms with Gasteiger partial charge in [0.25, 0.3) is 0 Å². The fourth-order valence-corrected chi connectivity index (χ4v) is 2.78. The number of aliphatic carboxylic acids is 2. The van der Waals surface area contributed by atoms with Crippen molar-refractivity contribution in [2.24, 2.45) is 4.99 Å². The smallest absolute Gasteiger partial charge is 0.414 e. The third-order valence-electron chi connectivity index (χ3n) is 2.75. The monoisotopic (exact) mass is 318 g/mol. The molecule has 2 heterocycles. The van der Waals surface area contributed by atoms with Crippen molar-refractivity contribution in [3.05, 3.63) is 47.3 Å². The van der Waals surface area contributed by atoms with Crippen molar-refractivity contribution in [2.75, 3.05) is 13.1 Å². The summed E-state index contributed by atoms with van der Waals surface area (Å²) in [6.07, 6.45) is 0. The van der Waals surface area contributed by atoms with Crippen molar-refractivity contribution in [1.29, 1.82) is 0 Å². The van der Waals surface area contributed by atoms with E-state index in [-0.39, 0.29) is 0 Å². The summed E-state index contributed by atoms with van der Waals surface area (Å²) >= 11 is 1.79. The van der Waals surface area contributed by atoms with Crippen LogP contribution < -0.4 is 5.32 Å². The molecule has 1 aliphatic rings. The van der Waals surface area contributed by atoms with Crippen molar-refractivity contribution >= 4 is 29.1 Å². The van der Waals surface area contributed by atoms with Crippen LogP contribution in [0.3, 0.4) is 0 Å². The lowest BCUT2D eigenvalue weighted by Crippen LogP contribution is -2.18. The maximum atomic E-state index is 9.10. The first-order valence-corrected chi connectivity index (χ1v) is 7.29. The number of rotatable bonds is 2. The van der Waals surface area contributed by atoms with Gasteiger partial charge in [-0.2, -0.15) is 0 Å². The first-order chi connectivity index (χ1) is 10.6. The highest BCUT2D eigenvalue weighted by molar-refractivity contribution is 7.17. The van der Waals surface area contributed by atoms with Crippen LogP contribution in [-0.4, -0.2) is 41.1 Å². The van der Waals surface area contributed by atoms with Crippen LogP contribution in [0.5, 0.6) is 0 Å². The second kappa shape index (κ2) is 7.37. The number of nitrogens with one attached hydrogen (secondary N) is 1. The summed E-state index contributed by atoms with van der Waals surface area (Å²) in [4.78, 5) is 25.2. The van der Waals surface area contributed by atoms with Gasteiger partial charge in [0.05, 0.1) is 11.4 Å². The fourth-order valence-electron chi connectivity index (χ4n) is 1.79. The van der Waals surface area contributed by atoms with E-state index in [1.807, 2.05) is 6.07 Å². The number of nitrogens with zero attached hydrogens (tertiary/aromatic N) is 1. The van der Waals surface area contributed by atoms with E-state index in [1.54, 1.807) is 11.3 Å². The van der Waals surface area contributed by atoms with E-state index in [0.29, 0.717) is 0 Å². The molecule has 0 fully saturated rings. The highest BCUT2D eigenvalue weighted by atomic mass is 32.1. The highest BCUT2D eigenvalue weighted by Gasteiger charge is 2.10. The molecule has 0 saturated heterocycles. The molecule has 1 aromatic heterocycles. The van der Waals surface area contributed by atoms with E-state index in [2.05, 4.69) is 46.7 Å². The highest BCUT2D eigenvalue weighted by Crippen LogP contribution is 2.28. The molecule has 6 nitrogen and oxygen atoms in total. The number of aliphatic imine (C=N–C) groups is 1. The standard InChI is InChI=1S/C13H12N2S.C2H2O4/c1-2-4-10(5-3-1)11-6-7-12(16-11)13-14-8-9-15-13;3-1(4)2(5)6/h1-7H,8-9H2,(H,14,15);(H,3,4)(H,5,6). The number of amidine groups is 1. The summed E-state index contributed by atoms with van der Waals surface area (Å²) in [5, 5.41) is 18.1. The van der Waals surface area contributed by atoms with Gasteiger partial charge in [0.1, 0.15) is 5.84 Å². The average Bonchev–Trinajstić information content (AvgIpc) is 3.20. The van der Waals surface area contributed by atoms with Crippen molar-refractivity contribution < 1.29 is 19.8 Å². The molecule has 0 saturated carbocycles. The summed E-state index contributed by atoms with van der Waals surface area (Å²) in [7, 11) is 0. The predicted octanol–water partition coefficient (Wildman–Crippen LogP) is 1.92. The second-order valence-corrected chi connectivity index (χ2v) is 5.38. The number of carboxylic acid groups (broad SMARTS) is 2. The molecule has 0 amide bonds. The van der Waals surface area contributed by atoms with Crippen LogP contribution in [0.2, 0.25) is 0 Å². The Balaban J connectivity index is 0.000000254. The molecular formula is C15H14N2O4S. The molecule has 1 aliphatic heterocycles. The Morgan fingerprint density at radius 2 is 1.64 bits per heavy atom. The Kier molecular flexibility index (Phi) is 5.26. The molecule has 0 radical (unpaired) electrons. The van der Waals surface area contributed by atoms with Crippen molar-refractivity contribution in [3.8, 4) is 10.4 Å². The van der Waals surface area contributed by atoms with Gasteiger partial charge in [0, 0.05) is 11.4 Å². The van der Waals surface area contributed by atoms with Crippen molar-refractivity contribution in [2.45, 2.75) is 0 Å². The Hall–Kier alpha value is -2.67. The molecule has 22 heavy (non-hydrogen) atoms. The Bertz CT molecular complexity index is 683. The molecule has 0 spiro atoms. The Labute approximate surface area is 130 Å². The molecule has 0 aliphatic carbocycles. The lowest BCUT2D eigenvalue weighted by atomic mass is 10.2. The summed E-state index contributed by atoms with van der Waals surface area (Å²) < 4.78 is 0. The molecular weight excluding hydrogens is 304 g/mol. The minimum atomic E-state index is -1.82. The topological polar surface area (TPSA) is 99.0 Å². The predicted molar refractivity (Wildman–Crippen MR) is 84.4 cm³/mol. The van der Waals surface area contributed by atoms with Crippen LogP contribution in [0.1, 0.15) is 4.88 Å². The molecule has 114 valence electrons. The normalized spacial score (nSPS) is 12.6. The zero-order valence-electron chi connectivity index (χ0n) is 11.5. The minimum Gasteiger partial charge on any atom is -0.473 e. The minimum absolute atomic E-state index is 0.897. The summed E-state index contributed by atoms with van der Waals surface area (Å²) in [6.45, 7) is 1.86. The quantitative estimate of drug-likeness (QED) is 0.735. The van der Waals surface area contributed by atoms with E-state index in [1.165, 1.54) is 15.3 Å². The molecule has 0 bridgehead atoms. The number of hydrogen-bond donors (Lipinski definition) is 3. The largest absolute Gasteiger partial charge is 0.473 e. The molecule has 2 aromatic rings. The van der Waals surface area contributed by atoms with E-state index in [9.17, 15) is 0 Å². The van der Waals surface area contributed by atoms with E-state index in [4.69, 9.17) is 19.8 Å². The molecule has 0 unspecified atom stereocenters. The Morgan fingerprint density at radius 1 is 1.00 bits per heavy atom. The van der Waals surface area contributed by atoms with E-state index >= 15 is 0 Å². The third-order valence-corrected chi connectivity index (χ3v) is 3.90. The molecule has 0 atom stereocenters. The van der Waals surface area contributed by atoms with Gasteiger partial charge in [0.2, 0.25) is 0 Å². The lowest BCUT2D eigenvalue weighted by molar-refractivity contribution is -0.159. The van der Waals surface area contributed by atoms with Gasteiger partial charge in [0.15, 0.2) is 0 Å².